The van der Waals surface area contributed by atoms with Gasteiger partial charge in [0.1, 0.15) is 0 Å². The van der Waals surface area contributed by atoms with Gasteiger partial charge in [-0.2, -0.15) is 0 Å². The maximum atomic E-state index is 12.8. The number of halogens is 1. The fourth-order valence-corrected chi connectivity index (χ4v) is 3.40. The average Bonchev–Trinajstić information content (AvgIpc) is 2.62. The highest BCUT2D eigenvalue weighted by molar-refractivity contribution is 14.1. The van der Waals surface area contributed by atoms with Gasteiger partial charge in [0.05, 0.1) is 5.69 Å². The second-order valence-corrected chi connectivity index (χ2v) is 7.50. The quantitative estimate of drug-likeness (QED) is 0.391. The molecule has 0 amide bonds. The summed E-state index contributed by atoms with van der Waals surface area (Å²) in [7, 11) is 0. The average molecular weight is 442 g/mol. The minimum atomic E-state index is 0.0434. The largest absolute Gasteiger partial charge is 0.294 e. The lowest BCUT2D eigenvalue weighted by Crippen LogP contribution is -2.07. The molecule has 1 aromatic heterocycles. The summed E-state index contributed by atoms with van der Waals surface area (Å²) in [5, 5.41) is 0. The molecule has 1 unspecified atom stereocenters. The van der Waals surface area contributed by atoms with Crippen LogP contribution in [0.3, 0.4) is 0 Å². The first-order valence-electron chi connectivity index (χ1n) is 8.19. The van der Waals surface area contributed by atoms with Crippen molar-refractivity contribution in [2.45, 2.75) is 26.2 Å². The van der Waals surface area contributed by atoms with E-state index >= 15 is 0 Å². The SMILES string of the molecule is Cc1ccc(-c2cc(I)cc(C(=O)CC(C)c3cnccn3)c2)cc1. The fraction of sp³-hybridized carbons (Fsp3) is 0.190. The van der Waals surface area contributed by atoms with Crippen molar-refractivity contribution < 1.29 is 4.79 Å². The van der Waals surface area contributed by atoms with E-state index in [0.29, 0.717) is 6.42 Å². The van der Waals surface area contributed by atoms with Gasteiger partial charge in [0.2, 0.25) is 0 Å². The Morgan fingerprint density at radius 3 is 2.52 bits per heavy atom. The molecule has 3 nitrogen and oxygen atoms in total. The van der Waals surface area contributed by atoms with Crippen LogP contribution in [0.2, 0.25) is 0 Å². The van der Waals surface area contributed by atoms with Gasteiger partial charge in [-0.1, -0.05) is 36.8 Å². The Morgan fingerprint density at radius 1 is 1.08 bits per heavy atom. The van der Waals surface area contributed by atoms with E-state index in [4.69, 9.17) is 0 Å². The van der Waals surface area contributed by atoms with Crippen LogP contribution in [0.1, 0.15) is 40.9 Å². The molecule has 0 saturated heterocycles. The van der Waals surface area contributed by atoms with E-state index in [-0.39, 0.29) is 11.7 Å². The van der Waals surface area contributed by atoms with Crippen molar-refractivity contribution in [2.24, 2.45) is 0 Å². The summed E-state index contributed by atoms with van der Waals surface area (Å²) in [6.07, 6.45) is 5.46. The normalized spacial score (nSPS) is 12.0. The van der Waals surface area contributed by atoms with Crippen LogP contribution in [0.25, 0.3) is 11.1 Å². The van der Waals surface area contributed by atoms with Crippen LogP contribution in [0.15, 0.2) is 61.1 Å². The van der Waals surface area contributed by atoms with Gasteiger partial charge in [0.15, 0.2) is 5.78 Å². The molecule has 3 aromatic rings. The van der Waals surface area contributed by atoms with Crippen LogP contribution in [-0.4, -0.2) is 15.8 Å². The molecule has 4 heteroatoms. The highest BCUT2D eigenvalue weighted by atomic mass is 127. The number of nitrogens with zero attached hydrogens (tertiary/aromatic N) is 2. The Labute approximate surface area is 161 Å². The predicted molar refractivity (Wildman–Crippen MR) is 109 cm³/mol. The first-order valence-corrected chi connectivity index (χ1v) is 9.27. The van der Waals surface area contributed by atoms with Crippen molar-refractivity contribution in [3.8, 4) is 11.1 Å². The molecule has 0 saturated carbocycles. The molecule has 0 aliphatic heterocycles. The van der Waals surface area contributed by atoms with Crippen molar-refractivity contribution in [1.29, 1.82) is 0 Å². The molecule has 0 N–H and O–H groups in total. The number of aromatic nitrogens is 2. The van der Waals surface area contributed by atoms with E-state index < -0.39 is 0 Å². The lowest BCUT2D eigenvalue weighted by Gasteiger charge is -2.11. The third-order valence-electron chi connectivity index (χ3n) is 4.18. The molecule has 0 aliphatic carbocycles. The summed E-state index contributed by atoms with van der Waals surface area (Å²) in [4.78, 5) is 21.2. The zero-order chi connectivity index (χ0) is 17.8. The van der Waals surface area contributed by atoms with Crippen molar-refractivity contribution >= 4 is 28.4 Å². The zero-order valence-electron chi connectivity index (χ0n) is 14.2. The van der Waals surface area contributed by atoms with Crippen LogP contribution in [0, 0.1) is 10.5 Å². The highest BCUT2D eigenvalue weighted by Gasteiger charge is 2.15. The first kappa shape index (κ1) is 17.7. The molecule has 0 fully saturated rings. The van der Waals surface area contributed by atoms with E-state index in [9.17, 15) is 4.79 Å². The van der Waals surface area contributed by atoms with Crippen LogP contribution in [-0.2, 0) is 0 Å². The number of hydrogen-bond acceptors (Lipinski definition) is 3. The smallest absolute Gasteiger partial charge is 0.163 e. The monoisotopic (exact) mass is 442 g/mol. The summed E-state index contributed by atoms with van der Waals surface area (Å²) >= 11 is 2.27. The molecule has 2 aromatic carbocycles. The van der Waals surface area contributed by atoms with Gasteiger partial charge in [-0.3, -0.25) is 14.8 Å². The number of carbonyl (C=O) groups excluding carboxylic acids is 1. The number of hydrogen-bond donors (Lipinski definition) is 0. The zero-order valence-corrected chi connectivity index (χ0v) is 16.4. The van der Waals surface area contributed by atoms with Crippen LogP contribution < -0.4 is 0 Å². The van der Waals surface area contributed by atoms with Crippen molar-refractivity contribution in [2.75, 3.05) is 0 Å². The predicted octanol–water partition coefficient (Wildman–Crippen LogP) is 5.43. The summed E-state index contributed by atoms with van der Waals surface area (Å²) in [6, 6.07) is 14.4. The first-order chi connectivity index (χ1) is 12.0. The Hall–Kier alpha value is -2.08. The van der Waals surface area contributed by atoms with E-state index in [2.05, 4.69) is 69.8 Å². The van der Waals surface area contributed by atoms with E-state index in [1.54, 1.807) is 18.6 Å². The molecule has 0 spiro atoms. The van der Waals surface area contributed by atoms with Crippen LogP contribution in [0.5, 0.6) is 0 Å². The van der Waals surface area contributed by atoms with Gasteiger partial charge in [-0.05, 0) is 58.8 Å². The number of aryl methyl sites for hydroxylation is 1. The summed E-state index contributed by atoms with van der Waals surface area (Å²) < 4.78 is 1.06. The van der Waals surface area contributed by atoms with Gasteiger partial charge < -0.3 is 0 Å². The van der Waals surface area contributed by atoms with Gasteiger partial charge in [0.25, 0.3) is 0 Å². The van der Waals surface area contributed by atoms with Gasteiger partial charge in [-0.25, -0.2) is 0 Å². The van der Waals surface area contributed by atoms with Crippen molar-refractivity contribution in [1.82, 2.24) is 9.97 Å². The van der Waals surface area contributed by atoms with E-state index in [1.807, 2.05) is 19.1 Å². The van der Waals surface area contributed by atoms with Crippen LogP contribution >= 0.6 is 22.6 Å². The third kappa shape index (κ3) is 4.51. The van der Waals surface area contributed by atoms with E-state index in [0.717, 1.165) is 26.0 Å². The molecular formula is C21H19IN2O. The minimum absolute atomic E-state index is 0.0434. The van der Waals surface area contributed by atoms with E-state index in [1.165, 1.54) is 5.56 Å². The van der Waals surface area contributed by atoms with Gasteiger partial charge in [-0.15, -0.1) is 0 Å². The molecule has 1 heterocycles. The maximum absolute atomic E-state index is 12.8. The molecule has 0 aliphatic rings. The standard InChI is InChI=1S/C21H19IN2O/c1-14-3-5-16(6-4-14)17-10-18(12-19(22)11-17)21(25)9-15(2)20-13-23-7-8-24-20/h3-8,10-13,15H,9H2,1-2H3. The molecular weight excluding hydrogens is 423 g/mol. The summed E-state index contributed by atoms with van der Waals surface area (Å²) in [5.74, 6) is 0.173. The van der Waals surface area contributed by atoms with Crippen molar-refractivity contribution in [3.05, 3.63) is 81.4 Å². The summed E-state index contributed by atoms with van der Waals surface area (Å²) in [6.45, 7) is 4.08. The van der Waals surface area contributed by atoms with Crippen LogP contribution in [0.4, 0.5) is 0 Å². The second kappa shape index (κ2) is 7.87. The van der Waals surface area contributed by atoms with Crippen molar-refractivity contribution in [3.63, 3.8) is 0 Å². The molecule has 126 valence electrons. The number of carbonyl (C=O) groups is 1. The minimum Gasteiger partial charge on any atom is -0.294 e. The molecule has 3 rings (SSSR count). The number of Topliss-reactive ketones (excluding diaryl/α,β-unsaturated/α-hetero) is 1. The fourth-order valence-electron chi connectivity index (χ4n) is 2.73. The molecule has 1 atom stereocenters. The lowest BCUT2D eigenvalue weighted by atomic mass is 9.95. The lowest BCUT2D eigenvalue weighted by molar-refractivity contribution is 0.0975. The molecule has 25 heavy (non-hydrogen) atoms. The Bertz CT molecular complexity index is 876. The third-order valence-corrected chi connectivity index (χ3v) is 4.81. The Kier molecular flexibility index (Phi) is 5.58. The number of benzene rings is 2. The Balaban J connectivity index is 1.84. The maximum Gasteiger partial charge on any atom is 0.163 e. The highest BCUT2D eigenvalue weighted by Crippen LogP contribution is 2.26. The van der Waals surface area contributed by atoms with Gasteiger partial charge in [0, 0.05) is 40.1 Å². The Morgan fingerprint density at radius 2 is 1.84 bits per heavy atom. The number of ketones is 1. The molecule has 0 radical (unpaired) electrons. The second-order valence-electron chi connectivity index (χ2n) is 6.25. The molecule has 0 bridgehead atoms. The number of rotatable bonds is 5. The summed E-state index contributed by atoms with van der Waals surface area (Å²) in [5.41, 5.74) is 5.02. The van der Waals surface area contributed by atoms with Gasteiger partial charge >= 0.3 is 0 Å². The topological polar surface area (TPSA) is 42.9 Å².